The minimum Gasteiger partial charge on any atom is -0.205 e. The summed E-state index contributed by atoms with van der Waals surface area (Å²) in [7, 11) is 0. The second-order valence-corrected chi connectivity index (χ2v) is 8.24. The van der Waals surface area contributed by atoms with Crippen molar-refractivity contribution in [2.75, 3.05) is 0 Å². The Hall–Kier alpha value is -4.28. The van der Waals surface area contributed by atoms with Gasteiger partial charge in [-0.1, -0.05) is 60.1 Å². The van der Waals surface area contributed by atoms with E-state index in [0.29, 0.717) is 16.3 Å². The van der Waals surface area contributed by atoms with Crippen LogP contribution >= 0.6 is 0 Å². The number of rotatable bonds is 3. The first kappa shape index (κ1) is 24.8. The largest absolute Gasteiger partial charge is 0.416 e. The van der Waals surface area contributed by atoms with Crippen molar-refractivity contribution in [1.82, 2.24) is 0 Å². The van der Waals surface area contributed by atoms with Crippen molar-refractivity contribution in [1.29, 1.82) is 0 Å². The summed E-state index contributed by atoms with van der Waals surface area (Å²) in [6.07, 6.45) is 1.79. The number of allylic oxidation sites excluding steroid dienone is 2. The zero-order valence-electron chi connectivity index (χ0n) is 19.6. The van der Waals surface area contributed by atoms with E-state index in [0.717, 1.165) is 36.1 Å². The van der Waals surface area contributed by atoms with E-state index in [9.17, 15) is 13.2 Å². The molecule has 0 atom stereocenters. The zero-order chi connectivity index (χ0) is 25.5. The lowest BCUT2D eigenvalue weighted by molar-refractivity contribution is -0.137. The highest BCUT2D eigenvalue weighted by Gasteiger charge is 2.29. The van der Waals surface area contributed by atoms with Gasteiger partial charge in [-0.3, -0.25) is 0 Å². The summed E-state index contributed by atoms with van der Waals surface area (Å²) in [5, 5.41) is 1.10. The van der Waals surface area contributed by atoms with Crippen molar-refractivity contribution in [3.63, 3.8) is 0 Å². The third-order valence-corrected chi connectivity index (χ3v) is 5.65. The highest BCUT2D eigenvalue weighted by molar-refractivity contribution is 5.86. The van der Waals surface area contributed by atoms with Crippen LogP contribution in [0.4, 0.5) is 17.6 Å². The summed E-state index contributed by atoms with van der Waals surface area (Å²) < 4.78 is 53.1. The third kappa shape index (κ3) is 6.23. The average molecular weight is 483 g/mol. The fourth-order valence-corrected chi connectivity index (χ4v) is 3.66. The fraction of sp³-hybridized carbons (Fsp3) is 0.125. The van der Waals surface area contributed by atoms with Gasteiger partial charge >= 0.3 is 6.18 Å². The van der Waals surface area contributed by atoms with Gasteiger partial charge in [0.25, 0.3) is 0 Å². The Balaban J connectivity index is 1.51. The molecule has 0 saturated carbocycles. The molecule has 0 saturated heterocycles. The van der Waals surface area contributed by atoms with Crippen molar-refractivity contribution in [3.8, 4) is 23.7 Å². The van der Waals surface area contributed by atoms with Crippen molar-refractivity contribution >= 4 is 10.8 Å². The van der Waals surface area contributed by atoms with Crippen LogP contribution in [-0.4, -0.2) is 0 Å². The molecule has 0 amide bonds. The smallest absolute Gasteiger partial charge is 0.205 e. The lowest BCUT2D eigenvalue weighted by atomic mass is 10.0. The molecule has 4 rings (SSSR count). The van der Waals surface area contributed by atoms with Crippen molar-refractivity contribution in [2.24, 2.45) is 0 Å². The van der Waals surface area contributed by atoms with Gasteiger partial charge in [-0.15, -0.1) is 0 Å². The van der Waals surface area contributed by atoms with Crippen molar-refractivity contribution < 1.29 is 17.6 Å². The molecule has 0 aromatic heterocycles. The molecule has 4 heteroatoms. The Labute approximate surface area is 208 Å². The van der Waals surface area contributed by atoms with Crippen LogP contribution in [0.3, 0.4) is 0 Å². The van der Waals surface area contributed by atoms with Gasteiger partial charge in [-0.2, -0.15) is 13.2 Å². The molecule has 0 aliphatic carbocycles. The van der Waals surface area contributed by atoms with Crippen molar-refractivity contribution in [2.45, 2.75) is 25.9 Å². The third-order valence-electron chi connectivity index (χ3n) is 5.65. The first-order valence-corrected chi connectivity index (χ1v) is 11.5. The lowest BCUT2D eigenvalue weighted by Gasteiger charge is -2.05. The van der Waals surface area contributed by atoms with E-state index in [-0.39, 0.29) is 5.56 Å². The summed E-state index contributed by atoms with van der Waals surface area (Å²) in [5.41, 5.74) is 2.74. The van der Waals surface area contributed by atoms with Gasteiger partial charge in [0.2, 0.25) is 0 Å². The molecule has 0 aliphatic heterocycles. The summed E-state index contributed by atoms with van der Waals surface area (Å²) in [6.45, 7) is 2.01. The van der Waals surface area contributed by atoms with E-state index in [1.807, 2.05) is 31.2 Å². The molecule has 0 aliphatic rings. The first-order chi connectivity index (χ1) is 17.3. The second-order valence-electron chi connectivity index (χ2n) is 8.24. The van der Waals surface area contributed by atoms with E-state index in [1.165, 1.54) is 17.7 Å². The molecule has 36 heavy (non-hydrogen) atoms. The van der Waals surface area contributed by atoms with E-state index in [4.69, 9.17) is 0 Å². The van der Waals surface area contributed by atoms with Gasteiger partial charge in [-0.05, 0) is 85.3 Å². The quantitative estimate of drug-likeness (QED) is 0.157. The highest BCUT2D eigenvalue weighted by Crippen LogP contribution is 2.29. The number of benzene rings is 4. The molecular formula is C32H22F4. The standard InChI is InChI=1S/C32H22F4/c1-2-3-4-5-23-6-8-24(9-7-23)10-11-26-15-21-30-28(22-26)18-17-27(31(30)33)16-12-25-13-19-29(20-14-25)32(34,35)36/h2-3,6-9,13-15,17-22H,4-5H2,1H3/b3-2+. The molecule has 0 nitrogen and oxygen atoms in total. The molecule has 0 radical (unpaired) electrons. The van der Waals surface area contributed by atoms with E-state index in [1.54, 1.807) is 24.3 Å². The normalized spacial score (nSPS) is 11.1. The minimum absolute atomic E-state index is 0.177. The Kier molecular flexibility index (Phi) is 7.57. The molecule has 178 valence electrons. The van der Waals surface area contributed by atoms with Gasteiger partial charge in [0, 0.05) is 22.1 Å². The predicted molar refractivity (Wildman–Crippen MR) is 137 cm³/mol. The maximum atomic E-state index is 15.0. The van der Waals surface area contributed by atoms with Crippen LogP contribution < -0.4 is 0 Å². The molecule has 0 bridgehead atoms. The monoisotopic (exact) mass is 482 g/mol. The van der Waals surface area contributed by atoms with Crippen LogP contribution in [0.15, 0.2) is 91.0 Å². The summed E-state index contributed by atoms with van der Waals surface area (Å²) >= 11 is 0. The van der Waals surface area contributed by atoms with E-state index in [2.05, 4.69) is 41.9 Å². The van der Waals surface area contributed by atoms with Gasteiger partial charge in [0.1, 0.15) is 5.82 Å². The Bertz CT molecular complexity index is 1520. The SMILES string of the molecule is C/C=C/CCc1ccc(C#Cc2ccc3c(F)c(C#Cc4ccc(C(F)(F)F)cc4)ccc3c2)cc1. The number of fused-ring (bicyclic) bond motifs is 1. The van der Waals surface area contributed by atoms with Gasteiger partial charge in [-0.25, -0.2) is 4.39 Å². The summed E-state index contributed by atoms with van der Waals surface area (Å²) in [6, 6.07) is 21.2. The fourth-order valence-electron chi connectivity index (χ4n) is 3.66. The maximum absolute atomic E-state index is 15.0. The Morgan fingerprint density at radius 2 is 1.33 bits per heavy atom. The molecule has 4 aromatic carbocycles. The van der Waals surface area contributed by atoms with Gasteiger partial charge in [0.05, 0.1) is 11.1 Å². The molecular weight excluding hydrogens is 460 g/mol. The minimum atomic E-state index is -4.41. The van der Waals surface area contributed by atoms with E-state index < -0.39 is 17.6 Å². The number of hydrogen-bond donors (Lipinski definition) is 0. The molecule has 0 unspecified atom stereocenters. The van der Waals surface area contributed by atoms with E-state index >= 15 is 4.39 Å². The van der Waals surface area contributed by atoms with Crippen LogP contribution in [0.1, 0.15) is 46.7 Å². The Morgan fingerprint density at radius 3 is 2.00 bits per heavy atom. The zero-order valence-corrected chi connectivity index (χ0v) is 19.6. The molecule has 0 N–H and O–H groups in total. The van der Waals surface area contributed by atoms with Gasteiger partial charge < -0.3 is 0 Å². The number of hydrogen-bond acceptors (Lipinski definition) is 0. The Morgan fingerprint density at radius 1 is 0.722 bits per heavy atom. The molecule has 4 aromatic rings. The van der Waals surface area contributed by atoms with Gasteiger partial charge in [0.15, 0.2) is 0 Å². The van der Waals surface area contributed by atoms with Crippen LogP contribution in [0.2, 0.25) is 0 Å². The number of aryl methyl sites for hydroxylation is 1. The second kappa shape index (κ2) is 11.0. The predicted octanol–water partition coefficient (Wildman–Crippen LogP) is 8.31. The topological polar surface area (TPSA) is 0 Å². The summed E-state index contributed by atoms with van der Waals surface area (Å²) in [5.74, 6) is 11.3. The van der Waals surface area contributed by atoms with Crippen LogP contribution in [0.25, 0.3) is 10.8 Å². The molecule has 0 heterocycles. The number of halogens is 4. The highest BCUT2D eigenvalue weighted by atomic mass is 19.4. The summed E-state index contributed by atoms with van der Waals surface area (Å²) in [4.78, 5) is 0. The molecule has 0 fully saturated rings. The lowest BCUT2D eigenvalue weighted by Crippen LogP contribution is -2.04. The first-order valence-electron chi connectivity index (χ1n) is 11.5. The van der Waals surface area contributed by atoms with Crippen LogP contribution in [0, 0.1) is 29.5 Å². The maximum Gasteiger partial charge on any atom is 0.416 e. The number of alkyl halides is 3. The van der Waals surface area contributed by atoms with Crippen LogP contribution in [-0.2, 0) is 12.6 Å². The molecule has 0 spiro atoms. The average Bonchev–Trinajstić information content (AvgIpc) is 2.88. The van der Waals surface area contributed by atoms with Crippen LogP contribution in [0.5, 0.6) is 0 Å². The van der Waals surface area contributed by atoms with Crippen molar-refractivity contribution in [3.05, 3.63) is 130 Å².